The molecule has 2 aromatic carbocycles. The van der Waals surface area contributed by atoms with Crippen LogP contribution in [0.15, 0.2) is 65.5 Å². The van der Waals surface area contributed by atoms with Gasteiger partial charge in [0.05, 0.1) is 17.9 Å². The molecule has 0 radical (unpaired) electrons. The smallest absolute Gasteiger partial charge is 0.340 e. The molecule has 2 amide bonds. The van der Waals surface area contributed by atoms with E-state index in [1.807, 2.05) is 19.1 Å². The van der Waals surface area contributed by atoms with Crippen molar-refractivity contribution in [2.75, 3.05) is 17.2 Å². The lowest BCUT2D eigenvalue weighted by Gasteiger charge is -2.11. The second-order valence-electron chi connectivity index (χ2n) is 6.85. The molecule has 0 aliphatic heterocycles. The molecule has 0 saturated heterocycles. The molecule has 164 valence electrons. The minimum absolute atomic E-state index is 0.0232. The van der Waals surface area contributed by atoms with Crippen LogP contribution in [0.25, 0.3) is 0 Å². The van der Waals surface area contributed by atoms with Gasteiger partial charge in [0, 0.05) is 11.8 Å². The van der Waals surface area contributed by atoms with Gasteiger partial charge >= 0.3 is 5.97 Å². The first-order chi connectivity index (χ1) is 15.4. The number of para-hydroxylation sites is 1. The molecule has 0 spiro atoms. The standard InChI is InChI=1S/C23H22N4O5/c1-3-32-23(31)17-6-4-5-7-18(17)25-20(28)14-27-21(29)13-12-19(26-27)22(30)24-16-10-8-15(2)9-11-16/h4-13H,3,14H2,1-2H3,(H,24,30)(H,25,28). The highest BCUT2D eigenvalue weighted by molar-refractivity contribution is 6.03. The maximum Gasteiger partial charge on any atom is 0.340 e. The Labute approximate surface area is 184 Å². The lowest BCUT2D eigenvalue weighted by molar-refractivity contribution is -0.117. The number of anilines is 2. The summed E-state index contributed by atoms with van der Waals surface area (Å²) in [5.74, 6) is -1.68. The summed E-state index contributed by atoms with van der Waals surface area (Å²) in [7, 11) is 0. The van der Waals surface area contributed by atoms with Crippen molar-refractivity contribution >= 4 is 29.2 Å². The zero-order valence-corrected chi connectivity index (χ0v) is 17.6. The van der Waals surface area contributed by atoms with E-state index < -0.39 is 29.9 Å². The van der Waals surface area contributed by atoms with Gasteiger partial charge in [0.25, 0.3) is 11.5 Å². The summed E-state index contributed by atoms with van der Waals surface area (Å²) in [5.41, 5.74) is 1.49. The number of hydrogen-bond acceptors (Lipinski definition) is 6. The quantitative estimate of drug-likeness (QED) is 0.552. The first-order valence-electron chi connectivity index (χ1n) is 9.89. The predicted octanol–water partition coefficient (Wildman–Crippen LogP) is 2.62. The van der Waals surface area contributed by atoms with E-state index in [2.05, 4.69) is 15.7 Å². The molecule has 1 aromatic heterocycles. The SMILES string of the molecule is CCOC(=O)c1ccccc1NC(=O)Cn1nc(C(=O)Nc2ccc(C)cc2)ccc1=O. The number of carbonyl (C=O) groups is 3. The summed E-state index contributed by atoms with van der Waals surface area (Å²) in [6.07, 6.45) is 0. The molecule has 3 aromatic rings. The minimum atomic E-state index is -0.590. The molecule has 0 bridgehead atoms. The van der Waals surface area contributed by atoms with Crippen LogP contribution in [0.5, 0.6) is 0 Å². The maximum atomic E-state index is 12.5. The van der Waals surface area contributed by atoms with Crippen LogP contribution in [0, 0.1) is 6.92 Å². The largest absolute Gasteiger partial charge is 0.462 e. The number of benzene rings is 2. The van der Waals surface area contributed by atoms with Crippen LogP contribution in [-0.2, 0) is 16.1 Å². The highest BCUT2D eigenvalue weighted by Crippen LogP contribution is 2.16. The molecule has 0 aliphatic rings. The fraction of sp³-hybridized carbons (Fsp3) is 0.174. The molecule has 9 heteroatoms. The summed E-state index contributed by atoms with van der Waals surface area (Å²) in [4.78, 5) is 49.2. The van der Waals surface area contributed by atoms with Crippen molar-refractivity contribution in [1.82, 2.24) is 9.78 Å². The van der Waals surface area contributed by atoms with Crippen LogP contribution in [0.2, 0.25) is 0 Å². The molecule has 0 fully saturated rings. The van der Waals surface area contributed by atoms with Crippen molar-refractivity contribution in [2.45, 2.75) is 20.4 Å². The average Bonchev–Trinajstić information content (AvgIpc) is 2.77. The number of carbonyl (C=O) groups excluding carboxylic acids is 3. The number of nitrogens with one attached hydrogen (secondary N) is 2. The van der Waals surface area contributed by atoms with Gasteiger partial charge in [-0.2, -0.15) is 5.10 Å². The summed E-state index contributed by atoms with van der Waals surface area (Å²) in [6.45, 7) is 3.36. The molecule has 32 heavy (non-hydrogen) atoms. The van der Waals surface area contributed by atoms with Gasteiger partial charge in [0.2, 0.25) is 5.91 Å². The number of ether oxygens (including phenoxy) is 1. The van der Waals surface area contributed by atoms with Crippen LogP contribution >= 0.6 is 0 Å². The van der Waals surface area contributed by atoms with Gasteiger partial charge in [-0.05, 0) is 44.2 Å². The van der Waals surface area contributed by atoms with Crippen LogP contribution in [0.1, 0.15) is 33.3 Å². The van der Waals surface area contributed by atoms with E-state index in [1.54, 1.807) is 37.3 Å². The van der Waals surface area contributed by atoms with Gasteiger partial charge in [0.1, 0.15) is 12.2 Å². The molecule has 2 N–H and O–H groups in total. The third-order valence-electron chi connectivity index (χ3n) is 4.40. The summed E-state index contributed by atoms with van der Waals surface area (Å²) in [5, 5.41) is 9.26. The second-order valence-corrected chi connectivity index (χ2v) is 6.85. The van der Waals surface area contributed by atoms with Crippen molar-refractivity contribution in [3.8, 4) is 0 Å². The van der Waals surface area contributed by atoms with E-state index in [1.165, 1.54) is 12.1 Å². The minimum Gasteiger partial charge on any atom is -0.462 e. The number of aromatic nitrogens is 2. The van der Waals surface area contributed by atoms with Gasteiger partial charge in [-0.15, -0.1) is 0 Å². The Balaban J connectivity index is 1.73. The molecule has 0 aliphatic carbocycles. The molecule has 0 unspecified atom stereocenters. The van der Waals surface area contributed by atoms with E-state index in [4.69, 9.17) is 4.74 Å². The van der Waals surface area contributed by atoms with E-state index in [0.717, 1.165) is 16.3 Å². The van der Waals surface area contributed by atoms with E-state index in [-0.39, 0.29) is 23.6 Å². The summed E-state index contributed by atoms with van der Waals surface area (Å²) in [6, 6.07) is 16.0. The first kappa shape index (κ1) is 22.4. The molecule has 0 atom stereocenters. The molecule has 0 saturated carbocycles. The van der Waals surface area contributed by atoms with Gasteiger partial charge in [-0.1, -0.05) is 29.8 Å². The fourth-order valence-electron chi connectivity index (χ4n) is 2.82. The Morgan fingerprint density at radius 2 is 1.69 bits per heavy atom. The number of hydrogen-bond donors (Lipinski definition) is 2. The lowest BCUT2D eigenvalue weighted by Crippen LogP contribution is -2.31. The van der Waals surface area contributed by atoms with Crippen LogP contribution < -0.4 is 16.2 Å². The van der Waals surface area contributed by atoms with Crippen molar-refractivity contribution in [1.29, 1.82) is 0 Å². The van der Waals surface area contributed by atoms with Crippen molar-refractivity contribution < 1.29 is 19.1 Å². The van der Waals surface area contributed by atoms with E-state index in [0.29, 0.717) is 5.69 Å². The summed E-state index contributed by atoms with van der Waals surface area (Å²) < 4.78 is 5.86. The van der Waals surface area contributed by atoms with Crippen LogP contribution in [-0.4, -0.2) is 34.2 Å². The first-order valence-corrected chi connectivity index (χ1v) is 9.89. The van der Waals surface area contributed by atoms with Crippen molar-refractivity contribution in [3.05, 3.63) is 87.8 Å². The van der Waals surface area contributed by atoms with Crippen molar-refractivity contribution in [2.24, 2.45) is 0 Å². The van der Waals surface area contributed by atoms with E-state index in [9.17, 15) is 19.2 Å². The zero-order chi connectivity index (χ0) is 23.1. The number of rotatable bonds is 7. The van der Waals surface area contributed by atoms with E-state index >= 15 is 0 Å². The van der Waals surface area contributed by atoms with Crippen molar-refractivity contribution in [3.63, 3.8) is 0 Å². The number of nitrogens with zero attached hydrogens (tertiary/aromatic N) is 2. The normalized spacial score (nSPS) is 10.3. The van der Waals surface area contributed by atoms with Crippen LogP contribution in [0.4, 0.5) is 11.4 Å². The molecular formula is C23H22N4O5. The zero-order valence-electron chi connectivity index (χ0n) is 17.6. The number of esters is 1. The highest BCUT2D eigenvalue weighted by Gasteiger charge is 2.16. The Kier molecular flexibility index (Phi) is 7.12. The Bertz CT molecular complexity index is 1200. The Hall–Kier alpha value is -4.27. The van der Waals surface area contributed by atoms with Gasteiger partial charge in [-0.25, -0.2) is 9.48 Å². The maximum absolute atomic E-state index is 12.5. The molecule has 9 nitrogen and oxygen atoms in total. The highest BCUT2D eigenvalue weighted by atomic mass is 16.5. The molecule has 1 heterocycles. The molecular weight excluding hydrogens is 412 g/mol. The number of amides is 2. The van der Waals surface area contributed by atoms with Gasteiger partial charge < -0.3 is 15.4 Å². The Morgan fingerprint density at radius 3 is 2.41 bits per heavy atom. The average molecular weight is 434 g/mol. The Morgan fingerprint density at radius 1 is 0.969 bits per heavy atom. The fourth-order valence-corrected chi connectivity index (χ4v) is 2.82. The predicted molar refractivity (Wildman–Crippen MR) is 119 cm³/mol. The van der Waals surface area contributed by atoms with Gasteiger partial charge in [0.15, 0.2) is 0 Å². The monoisotopic (exact) mass is 434 g/mol. The van der Waals surface area contributed by atoms with Gasteiger partial charge in [-0.3, -0.25) is 14.4 Å². The lowest BCUT2D eigenvalue weighted by atomic mass is 10.2. The van der Waals surface area contributed by atoms with Crippen LogP contribution in [0.3, 0.4) is 0 Å². The summed E-state index contributed by atoms with van der Waals surface area (Å²) >= 11 is 0. The third kappa shape index (κ3) is 5.66. The molecule has 3 rings (SSSR count). The second kappa shape index (κ2) is 10.2. The third-order valence-corrected chi connectivity index (χ3v) is 4.40. The number of aryl methyl sites for hydroxylation is 1. The topological polar surface area (TPSA) is 119 Å².